The lowest BCUT2D eigenvalue weighted by Crippen LogP contribution is -2.41. The standard InChI is InChI=1S/C8H14N2O5/c1-2-9-5-3-13-8-6(15-10(11)12)4-14-7(5)8/h5-9H,2-4H2,1H3/t5?,6?,7-,8-/m0/s1. The minimum Gasteiger partial charge on any atom is -0.371 e. The van der Waals surface area contributed by atoms with E-state index in [1.54, 1.807) is 0 Å². The maximum absolute atomic E-state index is 10.2. The second kappa shape index (κ2) is 4.30. The number of nitrogens with zero attached hydrogens (tertiary/aromatic N) is 1. The minimum atomic E-state index is -0.791. The van der Waals surface area contributed by atoms with E-state index in [2.05, 4.69) is 10.2 Å². The number of hydrogen-bond donors (Lipinski definition) is 1. The number of likely N-dealkylation sites (N-methyl/N-ethyl adjacent to an activating group) is 1. The molecule has 0 saturated carbocycles. The van der Waals surface area contributed by atoms with E-state index in [-0.39, 0.29) is 24.9 Å². The van der Waals surface area contributed by atoms with Crippen molar-refractivity contribution in [2.24, 2.45) is 0 Å². The molecule has 7 heteroatoms. The normalized spacial score (nSPS) is 39.0. The van der Waals surface area contributed by atoms with Gasteiger partial charge in [-0.3, -0.25) is 0 Å². The third-order valence-electron chi connectivity index (χ3n) is 2.70. The van der Waals surface area contributed by atoms with Gasteiger partial charge in [0, 0.05) is 0 Å². The van der Waals surface area contributed by atoms with E-state index in [1.165, 1.54) is 0 Å². The third-order valence-corrected chi connectivity index (χ3v) is 2.70. The molecule has 2 heterocycles. The third kappa shape index (κ3) is 2.04. The summed E-state index contributed by atoms with van der Waals surface area (Å²) >= 11 is 0. The molecular formula is C8H14N2O5. The first-order valence-electron chi connectivity index (χ1n) is 5.00. The van der Waals surface area contributed by atoms with Crippen LogP contribution in [0.1, 0.15) is 6.92 Å². The predicted molar refractivity (Wildman–Crippen MR) is 48.8 cm³/mol. The van der Waals surface area contributed by atoms with Crippen LogP contribution in [0.15, 0.2) is 0 Å². The van der Waals surface area contributed by atoms with Gasteiger partial charge in [0.15, 0.2) is 6.10 Å². The van der Waals surface area contributed by atoms with Crippen molar-refractivity contribution in [2.45, 2.75) is 31.3 Å². The lowest BCUT2D eigenvalue weighted by atomic mass is 10.1. The molecule has 1 N–H and O–H groups in total. The van der Waals surface area contributed by atoms with Gasteiger partial charge in [-0.25, -0.2) is 0 Å². The Morgan fingerprint density at radius 1 is 1.47 bits per heavy atom. The van der Waals surface area contributed by atoms with Crippen molar-refractivity contribution in [2.75, 3.05) is 19.8 Å². The van der Waals surface area contributed by atoms with E-state index in [0.717, 1.165) is 6.54 Å². The molecule has 2 saturated heterocycles. The summed E-state index contributed by atoms with van der Waals surface area (Å²) in [7, 11) is 0. The molecule has 2 unspecified atom stereocenters. The maximum Gasteiger partial charge on any atom is 0.294 e. The number of ether oxygens (including phenoxy) is 2. The highest BCUT2D eigenvalue weighted by Crippen LogP contribution is 2.28. The summed E-state index contributed by atoms with van der Waals surface area (Å²) in [5.41, 5.74) is 0. The smallest absolute Gasteiger partial charge is 0.294 e. The molecule has 0 aromatic heterocycles. The summed E-state index contributed by atoms with van der Waals surface area (Å²) < 4.78 is 10.9. The van der Waals surface area contributed by atoms with Crippen LogP contribution in [0.4, 0.5) is 0 Å². The number of nitrogens with one attached hydrogen (secondary N) is 1. The summed E-state index contributed by atoms with van der Waals surface area (Å²) in [4.78, 5) is 14.7. The molecule has 0 aromatic carbocycles. The van der Waals surface area contributed by atoms with Gasteiger partial charge in [0.1, 0.15) is 12.2 Å². The van der Waals surface area contributed by atoms with Gasteiger partial charge in [-0.15, -0.1) is 10.1 Å². The largest absolute Gasteiger partial charge is 0.371 e. The van der Waals surface area contributed by atoms with E-state index in [0.29, 0.717) is 6.61 Å². The molecule has 0 radical (unpaired) electrons. The Hall–Kier alpha value is -0.920. The van der Waals surface area contributed by atoms with Crippen molar-refractivity contribution in [1.29, 1.82) is 0 Å². The molecule has 0 bridgehead atoms. The van der Waals surface area contributed by atoms with Crippen molar-refractivity contribution < 1.29 is 19.4 Å². The first-order valence-corrected chi connectivity index (χ1v) is 5.00. The highest BCUT2D eigenvalue weighted by Gasteiger charge is 2.49. The number of rotatable bonds is 4. The maximum atomic E-state index is 10.2. The average Bonchev–Trinajstić information content (AvgIpc) is 2.71. The van der Waals surface area contributed by atoms with Crippen LogP contribution in [0.5, 0.6) is 0 Å². The molecule has 15 heavy (non-hydrogen) atoms. The van der Waals surface area contributed by atoms with Gasteiger partial charge in [-0.05, 0) is 6.54 Å². The monoisotopic (exact) mass is 218 g/mol. The van der Waals surface area contributed by atoms with Gasteiger partial charge >= 0.3 is 0 Å². The Kier molecular flexibility index (Phi) is 3.03. The van der Waals surface area contributed by atoms with Crippen LogP contribution in [0.3, 0.4) is 0 Å². The Bertz CT molecular complexity index is 249. The second-order valence-corrected chi connectivity index (χ2v) is 3.63. The van der Waals surface area contributed by atoms with Crippen LogP contribution in [0.25, 0.3) is 0 Å². The Morgan fingerprint density at radius 2 is 2.20 bits per heavy atom. The van der Waals surface area contributed by atoms with Crippen LogP contribution in [-0.2, 0) is 14.3 Å². The predicted octanol–water partition coefficient (Wildman–Crippen LogP) is -0.661. The topological polar surface area (TPSA) is 82.9 Å². The molecule has 7 nitrogen and oxygen atoms in total. The van der Waals surface area contributed by atoms with Gasteiger partial charge in [-0.1, -0.05) is 6.92 Å². The molecule has 2 aliphatic heterocycles. The van der Waals surface area contributed by atoms with Gasteiger partial charge in [0.2, 0.25) is 0 Å². The summed E-state index contributed by atoms with van der Waals surface area (Å²) in [6.45, 7) is 3.55. The highest BCUT2D eigenvalue weighted by molar-refractivity contribution is 4.97. The summed E-state index contributed by atoms with van der Waals surface area (Å²) in [6, 6.07) is 0.111. The Balaban J connectivity index is 1.93. The van der Waals surface area contributed by atoms with E-state index in [9.17, 15) is 10.1 Å². The van der Waals surface area contributed by atoms with Crippen LogP contribution in [0, 0.1) is 10.1 Å². The molecule has 2 aliphatic rings. The Morgan fingerprint density at radius 3 is 2.87 bits per heavy atom. The van der Waals surface area contributed by atoms with E-state index < -0.39 is 11.2 Å². The zero-order valence-corrected chi connectivity index (χ0v) is 8.42. The molecule has 2 fully saturated rings. The molecule has 0 amide bonds. The van der Waals surface area contributed by atoms with Crippen molar-refractivity contribution >= 4 is 0 Å². The first kappa shape index (κ1) is 10.6. The average molecular weight is 218 g/mol. The van der Waals surface area contributed by atoms with Gasteiger partial charge < -0.3 is 19.6 Å². The minimum absolute atomic E-state index is 0.111. The van der Waals surface area contributed by atoms with Crippen molar-refractivity contribution in [3.63, 3.8) is 0 Å². The molecule has 0 aromatic rings. The van der Waals surface area contributed by atoms with Gasteiger partial charge in [-0.2, -0.15) is 0 Å². The molecule has 0 spiro atoms. The van der Waals surface area contributed by atoms with Gasteiger partial charge in [0.25, 0.3) is 5.09 Å². The van der Waals surface area contributed by atoms with Crippen LogP contribution >= 0.6 is 0 Å². The Labute approximate surface area is 86.8 Å². The molecule has 86 valence electrons. The zero-order chi connectivity index (χ0) is 10.8. The number of hydrogen-bond acceptors (Lipinski definition) is 6. The van der Waals surface area contributed by atoms with E-state index in [4.69, 9.17) is 9.47 Å². The molecule has 4 atom stereocenters. The molecule has 0 aliphatic carbocycles. The fourth-order valence-electron chi connectivity index (χ4n) is 2.10. The molecular weight excluding hydrogens is 204 g/mol. The fraction of sp³-hybridized carbons (Fsp3) is 1.00. The van der Waals surface area contributed by atoms with Crippen molar-refractivity contribution in [3.05, 3.63) is 10.1 Å². The van der Waals surface area contributed by atoms with Crippen LogP contribution in [0.2, 0.25) is 0 Å². The van der Waals surface area contributed by atoms with Crippen molar-refractivity contribution in [1.82, 2.24) is 5.32 Å². The van der Waals surface area contributed by atoms with E-state index >= 15 is 0 Å². The lowest BCUT2D eigenvalue weighted by molar-refractivity contribution is -0.769. The quantitative estimate of drug-likeness (QED) is 0.498. The SMILES string of the molecule is CCNC1CO[C@H]2C(O[N+](=O)[O-])CO[C@@H]12. The zero-order valence-electron chi connectivity index (χ0n) is 8.42. The molecule has 2 rings (SSSR count). The second-order valence-electron chi connectivity index (χ2n) is 3.63. The first-order chi connectivity index (χ1) is 7.22. The number of fused-ring (bicyclic) bond motifs is 1. The van der Waals surface area contributed by atoms with Crippen LogP contribution < -0.4 is 5.32 Å². The fourth-order valence-corrected chi connectivity index (χ4v) is 2.10. The van der Waals surface area contributed by atoms with Crippen LogP contribution in [-0.4, -0.2) is 49.2 Å². The van der Waals surface area contributed by atoms with Crippen molar-refractivity contribution in [3.8, 4) is 0 Å². The van der Waals surface area contributed by atoms with E-state index in [1.807, 2.05) is 6.92 Å². The highest BCUT2D eigenvalue weighted by atomic mass is 17.0. The van der Waals surface area contributed by atoms with Gasteiger partial charge in [0.05, 0.1) is 19.3 Å². The summed E-state index contributed by atoms with van der Waals surface area (Å²) in [6.07, 6.45) is -1.04. The lowest BCUT2D eigenvalue weighted by Gasteiger charge is -2.16. The summed E-state index contributed by atoms with van der Waals surface area (Å²) in [5, 5.41) is 12.6. The summed E-state index contributed by atoms with van der Waals surface area (Å²) in [5.74, 6) is 0.